The largest absolute Gasteiger partial charge is 0.348 e. The first-order valence-electron chi connectivity index (χ1n) is 6.83. The van der Waals surface area contributed by atoms with E-state index in [9.17, 15) is 4.79 Å². The maximum atomic E-state index is 12.1. The molecule has 0 spiro atoms. The van der Waals surface area contributed by atoms with Crippen molar-refractivity contribution < 1.29 is 4.79 Å². The first kappa shape index (κ1) is 13.2. The number of nitriles is 1. The maximum Gasteiger partial charge on any atom is 0.272 e. The van der Waals surface area contributed by atoms with E-state index in [1.165, 1.54) is 0 Å². The zero-order chi connectivity index (χ0) is 14.7. The molecule has 1 aliphatic carbocycles. The fourth-order valence-corrected chi connectivity index (χ4v) is 2.37. The number of nitrogens with zero attached hydrogens (tertiary/aromatic N) is 3. The second kappa shape index (κ2) is 5.67. The summed E-state index contributed by atoms with van der Waals surface area (Å²) in [4.78, 5) is 12.1. The summed E-state index contributed by atoms with van der Waals surface area (Å²) < 4.78 is 1.68. The highest BCUT2D eigenvalue weighted by Crippen LogP contribution is 2.20. The Labute approximate surface area is 122 Å². The summed E-state index contributed by atoms with van der Waals surface area (Å²) in [5, 5.41) is 18.4. The van der Waals surface area contributed by atoms with E-state index in [4.69, 9.17) is 5.26 Å². The lowest BCUT2D eigenvalue weighted by Gasteiger charge is -2.34. The monoisotopic (exact) mass is 281 g/mol. The fraction of sp³-hybridized carbons (Fsp3) is 0.267. The van der Waals surface area contributed by atoms with Crippen LogP contribution in [0.4, 0.5) is 0 Å². The molecule has 1 aromatic heterocycles. The number of aromatic nitrogens is 2. The molecule has 2 aromatic rings. The zero-order valence-electron chi connectivity index (χ0n) is 11.4. The van der Waals surface area contributed by atoms with E-state index in [0.29, 0.717) is 5.69 Å². The topological polar surface area (TPSA) is 82.7 Å². The van der Waals surface area contributed by atoms with Gasteiger partial charge in [-0.3, -0.25) is 4.79 Å². The minimum Gasteiger partial charge on any atom is -0.348 e. The first-order chi connectivity index (χ1) is 10.3. The summed E-state index contributed by atoms with van der Waals surface area (Å²) in [5.41, 5.74) is 1.31. The maximum absolute atomic E-state index is 12.1. The minimum atomic E-state index is -0.176. The van der Waals surface area contributed by atoms with Crippen molar-refractivity contribution in [3.8, 4) is 11.9 Å². The second-order valence-electron chi connectivity index (χ2n) is 5.08. The van der Waals surface area contributed by atoms with Gasteiger partial charge >= 0.3 is 0 Å². The Morgan fingerprint density at radius 1 is 1.24 bits per heavy atom. The molecule has 0 unspecified atom stereocenters. The van der Waals surface area contributed by atoms with Crippen LogP contribution in [0.1, 0.15) is 23.3 Å². The van der Waals surface area contributed by atoms with Gasteiger partial charge in [0.2, 0.25) is 0 Å². The molecular formula is C15H15N5O. The predicted octanol–water partition coefficient (Wildman–Crippen LogP) is 1.20. The van der Waals surface area contributed by atoms with Gasteiger partial charge in [-0.25, -0.2) is 4.68 Å². The molecular weight excluding hydrogens is 266 g/mol. The molecule has 1 fully saturated rings. The summed E-state index contributed by atoms with van der Waals surface area (Å²) in [6, 6.07) is 11.6. The zero-order valence-corrected chi connectivity index (χ0v) is 11.4. The molecule has 2 N–H and O–H groups in total. The molecule has 1 aliphatic rings. The third-order valence-electron chi connectivity index (χ3n) is 3.58. The van der Waals surface area contributed by atoms with E-state index in [2.05, 4.69) is 15.7 Å². The van der Waals surface area contributed by atoms with Gasteiger partial charge in [0.05, 0.1) is 5.69 Å². The van der Waals surface area contributed by atoms with E-state index in [1.54, 1.807) is 16.9 Å². The highest BCUT2D eigenvalue weighted by atomic mass is 16.2. The van der Waals surface area contributed by atoms with E-state index < -0.39 is 0 Å². The van der Waals surface area contributed by atoms with Crippen molar-refractivity contribution in [2.45, 2.75) is 24.9 Å². The molecule has 0 saturated heterocycles. The minimum absolute atomic E-state index is 0.116. The Morgan fingerprint density at radius 3 is 2.71 bits per heavy atom. The van der Waals surface area contributed by atoms with Gasteiger partial charge in [-0.2, -0.15) is 10.4 Å². The van der Waals surface area contributed by atoms with Crippen LogP contribution in [0.2, 0.25) is 0 Å². The van der Waals surface area contributed by atoms with Crippen LogP contribution >= 0.6 is 0 Å². The molecule has 1 saturated carbocycles. The smallest absolute Gasteiger partial charge is 0.272 e. The third kappa shape index (κ3) is 2.87. The standard InChI is InChI=1S/C15H15N5O/c16-10-17-11-8-12(9-11)18-15(21)14-6-7-20(19-14)13-4-2-1-3-5-13/h1-7,11-12,17H,8-9H2,(H,18,21)/t11-,12+. The van der Waals surface area contributed by atoms with Crippen LogP contribution in [0.25, 0.3) is 5.69 Å². The molecule has 6 nitrogen and oxygen atoms in total. The quantitative estimate of drug-likeness (QED) is 0.651. The van der Waals surface area contributed by atoms with E-state index in [0.717, 1.165) is 18.5 Å². The Bertz CT molecular complexity index is 667. The number of carbonyl (C=O) groups is 1. The van der Waals surface area contributed by atoms with Crippen molar-refractivity contribution in [1.82, 2.24) is 20.4 Å². The average Bonchev–Trinajstić information content (AvgIpc) is 2.96. The molecule has 1 aromatic carbocycles. The molecule has 6 heteroatoms. The van der Waals surface area contributed by atoms with Gasteiger partial charge in [0, 0.05) is 18.3 Å². The average molecular weight is 281 g/mol. The summed E-state index contributed by atoms with van der Waals surface area (Å²) in [7, 11) is 0. The summed E-state index contributed by atoms with van der Waals surface area (Å²) in [6.45, 7) is 0. The van der Waals surface area contributed by atoms with Crippen LogP contribution in [0.15, 0.2) is 42.6 Å². The van der Waals surface area contributed by atoms with Gasteiger partial charge < -0.3 is 10.6 Å². The van der Waals surface area contributed by atoms with Crippen LogP contribution in [0, 0.1) is 11.5 Å². The second-order valence-corrected chi connectivity index (χ2v) is 5.08. The van der Waals surface area contributed by atoms with Crippen LogP contribution in [-0.2, 0) is 0 Å². The van der Waals surface area contributed by atoms with Gasteiger partial charge in [0.1, 0.15) is 0 Å². The van der Waals surface area contributed by atoms with Gasteiger partial charge in [-0.15, -0.1) is 0 Å². The van der Waals surface area contributed by atoms with Crippen LogP contribution in [0.3, 0.4) is 0 Å². The molecule has 1 heterocycles. The highest BCUT2D eigenvalue weighted by Gasteiger charge is 2.30. The highest BCUT2D eigenvalue weighted by molar-refractivity contribution is 5.92. The number of hydrogen-bond donors (Lipinski definition) is 2. The molecule has 0 aliphatic heterocycles. The van der Waals surface area contributed by atoms with Crippen molar-refractivity contribution in [3.63, 3.8) is 0 Å². The molecule has 21 heavy (non-hydrogen) atoms. The summed E-state index contributed by atoms with van der Waals surface area (Å²) >= 11 is 0. The first-order valence-corrected chi connectivity index (χ1v) is 6.83. The third-order valence-corrected chi connectivity index (χ3v) is 3.58. The number of benzene rings is 1. The van der Waals surface area contributed by atoms with Crippen molar-refractivity contribution in [2.75, 3.05) is 0 Å². The molecule has 0 radical (unpaired) electrons. The van der Waals surface area contributed by atoms with Gasteiger partial charge in [-0.05, 0) is 31.0 Å². The van der Waals surface area contributed by atoms with E-state index in [-0.39, 0.29) is 18.0 Å². The van der Waals surface area contributed by atoms with Gasteiger partial charge in [0.15, 0.2) is 11.9 Å². The number of rotatable bonds is 4. The van der Waals surface area contributed by atoms with Crippen LogP contribution < -0.4 is 10.6 Å². The lowest BCUT2D eigenvalue weighted by atomic mass is 9.87. The molecule has 106 valence electrons. The van der Waals surface area contributed by atoms with Crippen molar-refractivity contribution in [3.05, 3.63) is 48.3 Å². The van der Waals surface area contributed by atoms with Crippen molar-refractivity contribution in [1.29, 1.82) is 5.26 Å². The lowest BCUT2D eigenvalue weighted by molar-refractivity contribution is 0.0900. The lowest BCUT2D eigenvalue weighted by Crippen LogP contribution is -2.51. The molecule has 3 rings (SSSR count). The number of hydrogen-bond acceptors (Lipinski definition) is 4. The van der Waals surface area contributed by atoms with Crippen molar-refractivity contribution in [2.24, 2.45) is 0 Å². The molecule has 1 amide bonds. The van der Waals surface area contributed by atoms with Gasteiger partial charge in [-0.1, -0.05) is 18.2 Å². The van der Waals surface area contributed by atoms with E-state index in [1.807, 2.05) is 36.5 Å². The van der Waals surface area contributed by atoms with Crippen LogP contribution in [0.5, 0.6) is 0 Å². The SMILES string of the molecule is N#CN[C@H]1C[C@@H](NC(=O)c2ccn(-c3ccccc3)n2)C1. The van der Waals surface area contributed by atoms with Crippen LogP contribution in [-0.4, -0.2) is 27.8 Å². The summed E-state index contributed by atoms with van der Waals surface area (Å²) in [5.74, 6) is -0.176. The molecule has 0 bridgehead atoms. The Kier molecular flexibility index (Phi) is 3.56. The van der Waals surface area contributed by atoms with Crippen molar-refractivity contribution >= 4 is 5.91 Å². The number of carbonyl (C=O) groups excluding carboxylic acids is 1. The Morgan fingerprint density at radius 2 is 2.00 bits per heavy atom. The Hall–Kier alpha value is -2.81. The molecule has 0 atom stereocenters. The predicted molar refractivity (Wildman–Crippen MR) is 76.6 cm³/mol. The number of para-hydroxylation sites is 1. The Balaban J connectivity index is 1.60. The van der Waals surface area contributed by atoms with Gasteiger partial charge in [0.25, 0.3) is 5.91 Å². The normalized spacial score (nSPS) is 20.1. The summed E-state index contributed by atoms with van der Waals surface area (Å²) in [6.07, 6.45) is 5.24. The fourth-order valence-electron chi connectivity index (χ4n) is 2.37. The number of nitrogens with one attached hydrogen (secondary N) is 2. The van der Waals surface area contributed by atoms with E-state index >= 15 is 0 Å². The number of amides is 1.